The van der Waals surface area contributed by atoms with Gasteiger partial charge < -0.3 is 10.1 Å². The maximum atomic E-state index is 13.3. The van der Waals surface area contributed by atoms with Gasteiger partial charge in [-0.3, -0.25) is 14.5 Å². The Morgan fingerprint density at radius 1 is 1.28 bits per heavy atom. The highest BCUT2D eigenvalue weighted by Crippen LogP contribution is 2.42. The summed E-state index contributed by atoms with van der Waals surface area (Å²) in [6.45, 7) is 1.93. The van der Waals surface area contributed by atoms with Gasteiger partial charge in [0.1, 0.15) is 22.4 Å². The number of anilines is 1. The molecule has 0 spiro atoms. The van der Waals surface area contributed by atoms with Crippen molar-refractivity contribution >= 4 is 29.3 Å². The SMILES string of the molecule is CNC(=O)/C(C#N)=C1/S[C@H](Cc2ccc(OC)cc2)C(=O)N1c1cccc(C)c1. The quantitative estimate of drug-likeness (QED) is 0.608. The number of benzene rings is 2. The zero-order chi connectivity index (χ0) is 21.0. The fraction of sp³-hybridized carbons (Fsp3) is 0.227. The Balaban J connectivity index is 2.01. The molecule has 3 rings (SSSR count). The van der Waals surface area contributed by atoms with Crippen molar-refractivity contribution in [2.24, 2.45) is 0 Å². The lowest BCUT2D eigenvalue weighted by molar-refractivity contribution is -0.117. The number of thioether (sulfide) groups is 1. The molecule has 1 saturated heterocycles. The number of amides is 2. The number of ether oxygens (including phenoxy) is 1. The third-order valence-electron chi connectivity index (χ3n) is 4.57. The monoisotopic (exact) mass is 407 g/mol. The van der Waals surface area contributed by atoms with Gasteiger partial charge in [-0.2, -0.15) is 5.26 Å². The van der Waals surface area contributed by atoms with Gasteiger partial charge >= 0.3 is 0 Å². The fourth-order valence-corrected chi connectivity index (χ4v) is 4.40. The van der Waals surface area contributed by atoms with Crippen LogP contribution in [-0.2, 0) is 16.0 Å². The summed E-state index contributed by atoms with van der Waals surface area (Å²) < 4.78 is 5.18. The number of hydrogen-bond acceptors (Lipinski definition) is 5. The van der Waals surface area contributed by atoms with Crippen LogP contribution in [0.4, 0.5) is 5.69 Å². The summed E-state index contributed by atoms with van der Waals surface area (Å²) in [6, 6.07) is 16.9. The summed E-state index contributed by atoms with van der Waals surface area (Å²) in [7, 11) is 3.07. The number of nitriles is 1. The highest BCUT2D eigenvalue weighted by atomic mass is 32.2. The normalized spacial score (nSPS) is 17.7. The van der Waals surface area contributed by atoms with E-state index in [0.717, 1.165) is 16.9 Å². The first kappa shape index (κ1) is 20.5. The minimum Gasteiger partial charge on any atom is -0.497 e. The first-order chi connectivity index (χ1) is 14.0. The summed E-state index contributed by atoms with van der Waals surface area (Å²) in [5, 5.41) is 12.0. The van der Waals surface area contributed by atoms with E-state index in [1.807, 2.05) is 55.5 Å². The molecule has 0 radical (unpaired) electrons. The van der Waals surface area contributed by atoms with E-state index in [2.05, 4.69) is 5.32 Å². The molecule has 6 nitrogen and oxygen atoms in total. The van der Waals surface area contributed by atoms with Crippen LogP contribution in [0.15, 0.2) is 59.1 Å². The zero-order valence-corrected chi connectivity index (χ0v) is 17.2. The summed E-state index contributed by atoms with van der Waals surface area (Å²) in [5.74, 6) is 0.0844. The van der Waals surface area contributed by atoms with Crippen molar-refractivity contribution in [3.63, 3.8) is 0 Å². The van der Waals surface area contributed by atoms with E-state index < -0.39 is 11.2 Å². The van der Waals surface area contributed by atoms with E-state index in [4.69, 9.17) is 4.74 Å². The highest BCUT2D eigenvalue weighted by molar-refractivity contribution is 8.05. The number of carbonyl (C=O) groups excluding carboxylic acids is 2. The molecule has 7 heteroatoms. The fourth-order valence-electron chi connectivity index (χ4n) is 3.09. The molecular formula is C22H21N3O3S. The number of carbonyl (C=O) groups is 2. The molecule has 1 fully saturated rings. The molecule has 0 unspecified atom stereocenters. The van der Waals surface area contributed by atoms with Crippen molar-refractivity contribution in [3.05, 3.63) is 70.3 Å². The van der Waals surface area contributed by atoms with Crippen LogP contribution in [0.5, 0.6) is 5.75 Å². The van der Waals surface area contributed by atoms with E-state index in [-0.39, 0.29) is 11.5 Å². The van der Waals surface area contributed by atoms with Crippen molar-refractivity contribution in [1.82, 2.24) is 5.32 Å². The average Bonchev–Trinajstić information content (AvgIpc) is 3.04. The van der Waals surface area contributed by atoms with Crippen LogP contribution < -0.4 is 15.0 Å². The molecule has 0 aromatic heterocycles. The Kier molecular flexibility index (Phi) is 6.25. The lowest BCUT2D eigenvalue weighted by Crippen LogP contribution is -2.31. The molecule has 1 N–H and O–H groups in total. The molecular weight excluding hydrogens is 386 g/mol. The first-order valence-corrected chi connectivity index (χ1v) is 9.93. The molecule has 2 aromatic carbocycles. The molecule has 1 aliphatic rings. The van der Waals surface area contributed by atoms with Crippen LogP contribution in [0.1, 0.15) is 11.1 Å². The van der Waals surface area contributed by atoms with Gasteiger partial charge in [-0.25, -0.2) is 0 Å². The van der Waals surface area contributed by atoms with Crippen LogP contribution >= 0.6 is 11.8 Å². The molecule has 0 saturated carbocycles. The van der Waals surface area contributed by atoms with Gasteiger partial charge in [0.2, 0.25) is 5.91 Å². The predicted molar refractivity (Wildman–Crippen MR) is 113 cm³/mol. The average molecular weight is 407 g/mol. The standard InChI is InChI=1S/C22H21N3O3S/c1-14-5-4-6-16(11-14)25-21(27)19(12-15-7-9-17(28-3)10-8-15)29-22(25)18(13-23)20(26)24-2/h4-11,19H,12H2,1-3H3,(H,24,26)/b22-18+/t19-/m1/s1. The third-order valence-corrected chi connectivity index (χ3v) is 5.84. The second-order valence-corrected chi connectivity index (χ2v) is 7.73. The largest absolute Gasteiger partial charge is 0.497 e. The number of likely N-dealkylation sites (N-methyl/N-ethyl adjacent to an activating group) is 1. The number of nitrogens with one attached hydrogen (secondary N) is 1. The lowest BCUT2D eigenvalue weighted by Gasteiger charge is -2.19. The first-order valence-electron chi connectivity index (χ1n) is 9.05. The number of aryl methyl sites for hydroxylation is 1. The molecule has 1 atom stereocenters. The minimum absolute atomic E-state index is 0.0652. The molecule has 2 aromatic rings. The Bertz CT molecular complexity index is 1010. The van der Waals surface area contributed by atoms with Gasteiger partial charge in [0.15, 0.2) is 0 Å². The third kappa shape index (κ3) is 4.28. The number of nitrogens with zero attached hydrogens (tertiary/aromatic N) is 2. The van der Waals surface area contributed by atoms with Crippen molar-refractivity contribution in [1.29, 1.82) is 5.26 Å². The number of hydrogen-bond donors (Lipinski definition) is 1. The lowest BCUT2D eigenvalue weighted by atomic mass is 10.1. The molecule has 1 heterocycles. The van der Waals surface area contributed by atoms with Crippen LogP contribution in [-0.4, -0.2) is 31.2 Å². The van der Waals surface area contributed by atoms with Gasteiger partial charge in [-0.1, -0.05) is 36.0 Å². The smallest absolute Gasteiger partial charge is 0.264 e. The Labute approximate surface area is 174 Å². The van der Waals surface area contributed by atoms with Crippen molar-refractivity contribution in [2.75, 3.05) is 19.1 Å². The van der Waals surface area contributed by atoms with Gasteiger partial charge in [0.25, 0.3) is 5.91 Å². The predicted octanol–water partition coefficient (Wildman–Crippen LogP) is 3.18. The van der Waals surface area contributed by atoms with Gasteiger partial charge in [-0.05, 0) is 48.7 Å². The highest BCUT2D eigenvalue weighted by Gasteiger charge is 2.40. The van der Waals surface area contributed by atoms with E-state index in [9.17, 15) is 14.9 Å². The van der Waals surface area contributed by atoms with Crippen molar-refractivity contribution < 1.29 is 14.3 Å². The Morgan fingerprint density at radius 2 is 2.00 bits per heavy atom. The van der Waals surface area contributed by atoms with Crippen LogP contribution in [0, 0.1) is 18.3 Å². The second-order valence-electron chi connectivity index (χ2n) is 6.54. The molecule has 148 valence electrons. The maximum Gasteiger partial charge on any atom is 0.264 e. The van der Waals surface area contributed by atoms with Gasteiger partial charge in [0.05, 0.1) is 12.4 Å². The summed E-state index contributed by atoms with van der Waals surface area (Å²) in [4.78, 5) is 27.0. The van der Waals surface area contributed by atoms with E-state index in [1.165, 1.54) is 23.7 Å². The second kappa shape index (κ2) is 8.84. The zero-order valence-electron chi connectivity index (χ0n) is 16.4. The van der Waals surface area contributed by atoms with E-state index in [0.29, 0.717) is 17.1 Å². The Hall–Kier alpha value is -3.24. The molecule has 29 heavy (non-hydrogen) atoms. The van der Waals surface area contributed by atoms with Crippen LogP contribution in [0.3, 0.4) is 0 Å². The van der Waals surface area contributed by atoms with Crippen LogP contribution in [0.25, 0.3) is 0 Å². The van der Waals surface area contributed by atoms with E-state index in [1.54, 1.807) is 13.2 Å². The molecule has 0 bridgehead atoms. The summed E-state index contributed by atoms with van der Waals surface area (Å²) in [5.41, 5.74) is 2.54. The molecule has 0 aliphatic carbocycles. The summed E-state index contributed by atoms with van der Waals surface area (Å²) >= 11 is 1.25. The Morgan fingerprint density at radius 3 is 2.59 bits per heavy atom. The van der Waals surface area contributed by atoms with Crippen LogP contribution in [0.2, 0.25) is 0 Å². The van der Waals surface area contributed by atoms with Crippen molar-refractivity contribution in [2.45, 2.75) is 18.6 Å². The minimum atomic E-state index is -0.509. The topological polar surface area (TPSA) is 82.4 Å². The molecule has 2 amide bonds. The summed E-state index contributed by atoms with van der Waals surface area (Å²) in [6.07, 6.45) is 0.478. The van der Waals surface area contributed by atoms with Gasteiger partial charge in [0, 0.05) is 12.7 Å². The number of methoxy groups -OCH3 is 1. The van der Waals surface area contributed by atoms with E-state index >= 15 is 0 Å². The van der Waals surface area contributed by atoms with Gasteiger partial charge in [-0.15, -0.1) is 0 Å². The molecule has 1 aliphatic heterocycles. The maximum absolute atomic E-state index is 13.3. The number of rotatable bonds is 5. The van der Waals surface area contributed by atoms with Crippen molar-refractivity contribution in [3.8, 4) is 11.8 Å².